The molecule has 2 aromatic rings. The molecule has 0 aromatic heterocycles. The highest BCUT2D eigenvalue weighted by Gasteiger charge is 2.17. The summed E-state index contributed by atoms with van der Waals surface area (Å²) in [4.78, 5) is 12.4. The second kappa shape index (κ2) is 8.01. The molecule has 0 aliphatic heterocycles. The molecule has 0 saturated carbocycles. The Morgan fingerprint density at radius 2 is 1.71 bits per heavy atom. The number of ether oxygens (including phenoxy) is 3. The van der Waals surface area contributed by atoms with Crippen LogP contribution in [0.15, 0.2) is 34.8 Å². The second-order valence-corrected chi connectivity index (χ2v) is 5.75. The van der Waals surface area contributed by atoms with E-state index in [-0.39, 0.29) is 18.3 Å². The van der Waals surface area contributed by atoms with E-state index in [1.54, 1.807) is 12.1 Å². The summed E-state index contributed by atoms with van der Waals surface area (Å²) in [5, 5.41) is 2.67. The van der Waals surface area contributed by atoms with Gasteiger partial charge in [-0.15, -0.1) is 0 Å². The van der Waals surface area contributed by atoms with Crippen LogP contribution in [0.1, 0.15) is 15.9 Å². The number of nitrogens with one attached hydrogen (secondary N) is 1. The molecule has 2 aromatic carbocycles. The molecule has 0 unspecified atom stereocenters. The van der Waals surface area contributed by atoms with Gasteiger partial charge in [0.25, 0.3) is 5.91 Å². The van der Waals surface area contributed by atoms with Gasteiger partial charge in [-0.05, 0) is 30.3 Å². The first-order chi connectivity index (χ1) is 11.5. The molecular weight excluding hydrogens is 381 g/mol. The molecule has 0 atom stereocenters. The normalized spacial score (nSPS) is 10.2. The smallest absolute Gasteiger partial charge is 0.251 e. The van der Waals surface area contributed by atoms with Gasteiger partial charge >= 0.3 is 0 Å². The van der Waals surface area contributed by atoms with Crippen molar-refractivity contribution in [3.8, 4) is 17.2 Å². The lowest BCUT2D eigenvalue weighted by atomic mass is 10.1. The van der Waals surface area contributed by atoms with Crippen molar-refractivity contribution in [1.82, 2.24) is 5.32 Å². The van der Waals surface area contributed by atoms with E-state index in [1.807, 2.05) is 0 Å². The molecule has 0 radical (unpaired) electrons. The molecule has 0 aliphatic rings. The fourth-order valence-electron chi connectivity index (χ4n) is 2.17. The summed E-state index contributed by atoms with van der Waals surface area (Å²) >= 11 is 3.28. The van der Waals surface area contributed by atoms with Gasteiger partial charge in [0.2, 0.25) is 5.75 Å². The summed E-state index contributed by atoms with van der Waals surface area (Å²) in [5.41, 5.74) is 0.699. The maximum absolute atomic E-state index is 13.7. The molecule has 5 nitrogen and oxygen atoms in total. The van der Waals surface area contributed by atoms with E-state index < -0.39 is 0 Å². The molecule has 0 bridgehead atoms. The van der Waals surface area contributed by atoms with Crippen LogP contribution in [-0.4, -0.2) is 27.2 Å². The van der Waals surface area contributed by atoms with Crippen LogP contribution in [0.3, 0.4) is 0 Å². The van der Waals surface area contributed by atoms with E-state index >= 15 is 0 Å². The predicted octanol–water partition coefficient (Wildman–Crippen LogP) is 3.54. The fraction of sp³-hybridized carbons (Fsp3) is 0.235. The van der Waals surface area contributed by atoms with Gasteiger partial charge < -0.3 is 19.5 Å². The van der Waals surface area contributed by atoms with E-state index in [2.05, 4.69) is 21.2 Å². The summed E-state index contributed by atoms with van der Waals surface area (Å²) < 4.78 is 30.1. The largest absolute Gasteiger partial charge is 0.493 e. The Kier molecular flexibility index (Phi) is 6.03. The molecule has 7 heteroatoms. The van der Waals surface area contributed by atoms with Gasteiger partial charge in [-0.2, -0.15) is 0 Å². The molecule has 1 N–H and O–H groups in total. The van der Waals surface area contributed by atoms with Crippen LogP contribution in [0.4, 0.5) is 4.39 Å². The number of hydrogen-bond donors (Lipinski definition) is 1. The highest BCUT2D eigenvalue weighted by molar-refractivity contribution is 9.10. The van der Waals surface area contributed by atoms with Crippen molar-refractivity contribution in [2.24, 2.45) is 0 Å². The van der Waals surface area contributed by atoms with Crippen molar-refractivity contribution < 1.29 is 23.4 Å². The third kappa shape index (κ3) is 3.97. The number of benzene rings is 2. The lowest BCUT2D eigenvalue weighted by Gasteiger charge is -2.14. The first-order valence-electron chi connectivity index (χ1n) is 7.02. The molecule has 2 rings (SSSR count). The number of rotatable bonds is 6. The van der Waals surface area contributed by atoms with Crippen LogP contribution in [-0.2, 0) is 6.54 Å². The third-order valence-electron chi connectivity index (χ3n) is 3.37. The molecular formula is C17H17BrFNO4. The van der Waals surface area contributed by atoms with Crippen LogP contribution >= 0.6 is 15.9 Å². The lowest BCUT2D eigenvalue weighted by molar-refractivity contribution is 0.0949. The van der Waals surface area contributed by atoms with Crippen LogP contribution in [0.2, 0.25) is 0 Å². The zero-order valence-corrected chi connectivity index (χ0v) is 15.1. The van der Waals surface area contributed by atoms with Crippen molar-refractivity contribution >= 4 is 21.8 Å². The molecule has 0 spiro atoms. The monoisotopic (exact) mass is 397 g/mol. The Bertz CT molecular complexity index is 726. The van der Waals surface area contributed by atoms with E-state index in [1.165, 1.54) is 39.5 Å². The number of carbonyl (C=O) groups is 1. The zero-order chi connectivity index (χ0) is 17.7. The summed E-state index contributed by atoms with van der Waals surface area (Å²) in [5.74, 6) is 0.373. The minimum Gasteiger partial charge on any atom is -0.493 e. The zero-order valence-electron chi connectivity index (χ0n) is 13.5. The number of carbonyl (C=O) groups excluding carboxylic acids is 1. The first-order valence-corrected chi connectivity index (χ1v) is 7.81. The highest BCUT2D eigenvalue weighted by Crippen LogP contribution is 2.38. The maximum atomic E-state index is 13.7. The molecule has 0 heterocycles. The first kappa shape index (κ1) is 18.1. The van der Waals surface area contributed by atoms with E-state index in [0.29, 0.717) is 28.4 Å². The quantitative estimate of drug-likeness (QED) is 0.809. The molecule has 128 valence electrons. The van der Waals surface area contributed by atoms with Crippen molar-refractivity contribution in [3.63, 3.8) is 0 Å². The number of halogens is 2. The Morgan fingerprint density at radius 3 is 2.25 bits per heavy atom. The molecule has 24 heavy (non-hydrogen) atoms. The van der Waals surface area contributed by atoms with E-state index in [9.17, 15) is 9.18 Å². The highest BCUT2D eigenvalue weighted by atomic mass is 79.9. The van der Waals surface area contributed by atoms with Gasteiger partial charge in [0.05, 0.1) is 21.3 Å². The average Bonchev–Trinajstić information content (AvgIpc) is 2.60. The van der Waals surface area contributed by atoms with Crippen LogP contribution < -0.4 is 19.5 Å². The van der Waals surface area contributed by atoms with Crippen molar-refractivity contribution in [2.75, 3.05) is 21.3 Å². The lowest BCUT2D eigenvalue weighted by Crippen LogP contribution is -2.23. The number of methoxy groups -OCH3 is 3. The van der Waals surface area contributed by atoms with Gasteiger partial charge in [-0.3, -0.25) is 4.79 Å². The van der Waals surface area contributed by atoms with Crippen LogP contribution in [0, 0.1) is 5.82 Å². The fourth-order valence-corrected chi connectivity index (χ4v) is 2.58. The van der Waals surface area contributed by atoms with E-state index in [0.717, 1.165) is 4.47 Å². The Hall–Kier alpha value is -2.28. The summed E-state index contributed by atoms with van der Waals surface area (Å²) in [6, 6.07) is 7.62. The minimum atomic E-state index is -0.386. The van der Waals surface area contributed by atoms with Crippen molar-refractivity contribution in [2.45, 2.75) is 6.54 Å². The number of hydrogen-bond acceptors (Lipinski definition) is 4. The third-order valence-corrected chi connectivity index (χ3v) is 3.87. The standard InChI is InChI=1S/C17H17BrFNO4/c1-22-14-7-10(8-15(23-2)16(14)24-3)17(21)20-9-11-6-12(18)4-5-13(11)19/h4-8H,9H2,1-3H3,(H,20,21). The van der Waals surface area contributed by atoms with Gasteiger partial charge in [0.1, 0.15) is 5.82 Å². The van der Waals surface area contributed by atoms with Gasteiger partial charge in [-0.1, -0.05) is 15.9 Å². The Morgan fingerprint density at radius 1 is 1.08 bits per heavy atom. The topological polar surface area (TPSA) is 56.8 Å². The second-order valence-electron chi connectivity index (χ2n) is 4.83. The van der Waals surface area contributed by atoms with Gasteiger partial charge in [0, 0.05) is 22.1 Å². The average molecular weight is 398 g/mol. The van der Waals surface area contributed by atoms with E-state index in [4.69, 9.17) is 14.2 Å². The van der Waals surface area contributed by atoms with Gasteiger partial charge in [-0.25, -0.2) is 4.39 Å². The Labute approximate surface area is 147 Å². The van der Waals surface area contributed by atoms with Crippen LogP contribution in [0.5, 0.6) is 17.2 Å². The van der Waals surface area contributed by atoms with Crippen molar-refractivity contribution in [3.05, 3.63) is 51.7 Å². The maximum Gasteiger partial charge on any atom is 0.251 e. The van der Waals surface area contributed by atoms with Crippen LogP contribution in [0.25, 0.3) is 0 Å². The summed E-state index contributed by atoms with van der Waals surface area (Å²) in [6.45, 7) is 0.0563. The minimum absolute atomic E-state index is 0.0563. The SMILES string of the molecule is COc1cc(C(=O)NCc2cc(Br)ccc2F)cc(OC)c1OC. The van der Waals surface area contributed by atoms with Crippen molar-refractivity contribution in [1.29, 1.82) is 0 Å². The Balaban J connectivity index is 2.22. The summed E-state index contributed by atoms with van der Waals surface area (Å²) in [7, 11) is 4.42. The summed E-state index contributed by atoms with van der Waals surface area (Å²) in [6.07, 6.45) is 0. The predicted molar refractivity (Wildman–Crippen MR) is 91.4 cm³/mol. The molecule has 0 aliphatic carbocycles. The molecule has 0 fully saturated rings. The molecule has 1 amide bonds. The molecule has 0 saturated heterocycles. The number of amides is 1. The van der Waals surface area contributed by atoms with Gasteiger partial charge in [0.15, 0.2) is 11.5 Å².